The van der Waals surface area contributed by atoms with Crippen molar-refractivity contribution in [3.8, 4) is 5.75 Å². The molecule has 0 spiro atoms. The summed E-state index contributed by atoms with van der Waals surface area (Å²) < 4.78 is 0. The number of fused-ring (bicyclic) bond motifs is 5. The molecule has 1 amide bonds. The van der Waals surface area contributed by atoms with Crippen molar-refractivity contribution in [1.29, 1.82) is 0 Å². The second-order valence-electron chi connectivity index (χ2n) is 5.42. The molecule has 2 aliphatic rings. The van der Waals surface area contributed by atoms with Crippen molar-refractivity contribution < 1.29 is 9.90 Å². The van der Waals surface area contributed by atoms with Gasteiger partial charge in [0.2, 0.25) is 0 Å². The first kappa shape index (κ1) is 10.9. The lowest BCUT2D eigenvalue weighted by Gasteiger charge is -2.30. The summed E-state index contributed by atoms with van der Waals surface area (Å²) in [6.07, 6.45) is 3.22. The molecule has 96 valence electrons. The number of nitrogens with zero attached hydrogens (tertiary/aromatic N) is 1. The molecule has 0 aliphatic carbocycles. The summed E-state index contributed by atoms with van der Waals surface area (Å²) in [6, 6.07) is 9.88. The summed E-state index contributed by atoms with van der Waals surface area (Å²) in [7, 11) is 0. The molecule has 1 atom stereocenters. The van der Waals surface area contributed by atoms with E-state index in [1.165, 1.54) is 0 Å². The van der Waals surface area contributed by atoms with Gasteiger partial charge in [0.15, 0.2) is 0 Å². The largest absolute Gasteiger partial charge is 0.507 e. The number of rotatable bonds is 0. The number of benzene rings is 2. The number of carbonyl (C=O) groups excluding carboxylic acids is 1. The molecule has 2 aromatic carbocycles. The fourth-order valence-electron chi connectivity index (χ4n) is 3.55. The van der Waals surface area contributed by atoms with Crippen LogP contribution in [0.1, 0.15) is 41.2 Å². The van der Waals surface area contributed by atoms with Gasteiger partial charge in [0.05, 0.1) is 11.6 Å². The molecule has 2 aromatic rings. The Morgan fingerprint density at radius 1 is 1.21 bits per heavy atom. The van der Waals surface area contributed by atoms with E-state index in [9.17, 15) is 9.90 Å². The highest BCUT2D eigenvalue weighted by Crippen LogP contribution is 2.46. The van der Waals surface area contributed by atoms with Crippen LogP contribution in [-0.4, -0.2) is 22.5 Å². The van der Waals surface area contributed by atoms with Gasteiger partial charge in [0, 0.05) is 6.54 Å². The molecule has 3 nitrogen and oxygen atoms in total. The smallest absolute Gasteiger partial charge is 0.258 e. The van der Waals surface area contributed by atoms with Gasteiger partial charge in [-0.3, -0.25) is 4.79 Å². The zero-order valence-corrected chi connectivity index (χ0v) is 10.6. The third kappa shape index (κ3) is 1.35. The van der Waals surface area contributed by atoms with Crippen LogP contribution in [-0.2, 0) is 0 Å². The van der Waals surface area contributed by atoms with E-state index < -0.39 is 0 Å². The van der Waals surface area contributed by atoms with Crippen molar-refractivity contribution >= 4 is 16.7 Å². The van der Waals surface area contributed by atoms with E-state index in [1.807, 2.05) is 23.1 Å². The molecule has 4 rings (SSSR count). The van der Waals surface area contributed by atoms with E-state index in [0.29, 0.717) is 5.56 Å². The van der Waals surface area contributed by atoms with Crippen LogP contribution < -0.4 is 0 Å². The van der Waals surface area contributed by atoms with Gasteiger partial charge in [-0.15, -0.1) is 0 Å². The average Bonchev–Trinajstić information content (AvgIpc) is 2.74. The average molecular weight is 253 g/mol. The SMILES string of the molecule is O=C1c2c(O)cc3ccccc3c2C2CCCCN12. The Kier molecular flexibility index (Phi) is 2.13. The van der Waals surface area contributed by atoms with Crippen molar-refractivity contribution in [2.45, 2.75) is 25.3 Å². The van der Waals surface area contributed by atoms with E-state index in [-0.39, 0.29) is 17.7 Å². The van der Waals surface area contributed by atoms with Gasteiger partial charge < -0.3 is 10.0 Å². The quantitative estimate of drug-likeness (QED) is 0.783. The molecule has 2 aliphatic heterocycles. The zero-order chi connectivity index (χ0) is 13.0. The monoisotopic (exact) mass is 253 g/mol. The standard InChI is InChI=1S/C16H15NO2/c18-13-9-10-5-1-2-6-11(10)14-12-7-3-4-8-17(12)16(19)15(13)14/h1-2,5-6,9,12,18H,3-4,7-8H2. The Morgan fingerprint density at radius 3 is 2.95 bits per heavy atom. The first-order chi connectivity index (χ1) is 9.27. The van der Waals surface area contributed by atoms with Crippen LogP contribution in [0.3, 0.4) is 0 Å². The van der Waals surface area contributed by atoms with Gasteiger partial charge >= 0.3 is 0 Å². The summed E-state index contributed by atoms with van der Waals surface area (Å²) in [5, 5.41) is 12.3. The lowest BCUT2D eigenvalue weighted by atomic mass is 9.92. The first-order valence-corrected chi connectivity index (χ1v) is 6.83. The normalized spacial score (nSPS) is 21.6. The highest BCUT2D eigenvalue weighted by molar-refractivity contribution is 6.07. The number of carbonyl (C=O) groups is 1. The number of hydrogen-bond donors (Lipinski definition) is 1. The van der Waals surface area contributed by atoms with Crippen molar-refractivity contribution in [3.63, 3.8) is 0 Å². The van der Waals surface area contributed by atoms with Crippen LogP contribution >= 0.6 is 0 Å². The summed E-state index contributed by atoms with van der Waals surface area (Å²) >= 11 is 0. The van der Waals surface area contributed by atoms with E-state index in [4.69, 9.17) is 0 Å². The van der Waals surface area contributed by atoms with E-state index in [1.54, 1.807) is 6.07 Å². The molecule has 0 saturated carbocycles. The minimum Gasteiger partial charge on any atom is -0.507 e. The summed E-state index contributed by atoms with van der Waals surface area (Å²) in [5.74, 6) is 0.135. The van der Waals surface area contributed by atoms with Crippen molar-refractivity contribution in [2.75, 3.05) is 6.54 Å². The second kappa shape index (κ2) is 3.73. The summed E-state index contributed by atoms with van der Waals surface area (Å²) in [5.41, 5.74) is 1.57. The molecule has 1 fully saturated rings. The number of amides is 1. The highest BCUT2D eigenvalue weighted by Gasteiger charge is 2.40. The Labute approximate surface area is 111 Å². The molecular formula is C16H15NO2. The van der Waals surface area contributed by atoms with Crippen LogP contribution in [0.5, 0.6) is 5.75 Å². The molecule has 2 heterocycles. The first-order valence-electron chi connectivity index (χ1n) is 6.83. The van der Waals surface area contributed by atoms with E-state index >= 15 is 0 Å². The van der Waals surface area contributed by atoms with Gasteiger partial charge in [-0.2, -0.15) is 0 Å². The third-order valence-electron chi connectivity index (χ3n) is 4.38. The van der Waals surface area contributed by atoms with Gasteiger partial charge in [-0.05, 0) is 41.7 Å². The lowest BCUT2D eigenvalue weighted by molar-refractivity contribution is 0.0670. The van der Waals surface area contributed by atoms with Gasteiger partial charge in [0.25, 0.3) is 5.91 Å². The molecule has 19 heavy (non-hydrogen) atoms. The fraction of sp³-hybridized carbons (Fsp3) is 0.312. The van der Waals surface area contributed by atoms with Gasteiger partial charge in [-0.1, -0.05) is 24.3 Å². The van der Waals surface area contributed by atoms with Gasteiger partial charge in [-0.25, -0.2) is 0 Å². The van der Waals surface area contributed by atoms with E-state index in [0.717, 1.165) is 42.1 Å². The topological polar surface area (TPSA) is 40.5 Å². The Hall–Kier alpha value is -2.03. The molecule has 1 unspecified atom stereocenters. The predicted octanol–water partition coefficient (Wildman–Crippen LogP) is 3.23. The molecule has 1 N–H and O–H groups in total. The second-order valence-corrected chi connectivity index (χ2v) is 5.42. The van der Waals surface area contributed by atoms with Crippen molar-refractivity contribution in [2.24, 2.45) is 0 Å². The number of aromatic hydroxyl groups is 1. The van der Waals surface area contributed by atoms with E-state index in [2.05, 4.69) is 6.07 Å². The lowest BCUT2D eigenvalue weighted by Crippen LogP contribution is -2.32. The maximum absolute atomic E-state index is 12.5. The number of hydrogen-bond acceptors (Lipinski definition) is 2. The van der Waals surface area contributed by atoms with Crippen LogP contribution in [0.25, 0.3) is 10.8 Å². The molecule has 3 heteroatoms. The van der Waals surface area contributed by atoms with Crippen LogP contribution in [0, 0.1) is 0 Å². The number of phenols is 1. The minimum absolute atomic E-state index is 0.00273. The van der Waals surface area contributed by atoms with Crippen LogP contribution in [0.2, 0.25) is 0 Å². The predicted molar refractivity (Wildman–Crippen MR) is 73.2 cm³/mol. The van der Waals surface area contributed by atoms with Crippen molar-refractivity contribution in [3.05, 3.63) is 41.5 Å². The molecule has 1 saturated heterocycles. The maximum atomic E-state index is 12.5. The van der Waals surface area contributed by atoms with Crippen LogP contribution in [0.15, 0.2) is 30.3 Å². The molecule has 0 radical (unpaired) electrons. The molecular weight excluding hydrogens is 238 g/mol. The summed E-state index contributed by atoms with van der Waals surface area (Å²) in [6.45, 7) is 0.811. The third-order valence-corrected chi connectivity index (χ3v) is 4.38. The highest BCUT2D eigenvalue weighted by atomic mass is 16.3. The Bertz CT molecular complexity index is 692. The zero-order valence-electron chi connectivity index (χ0n) is 10.6. The molecule has 0 bridgehead atoms. The number of phenolic OH excluding ortho intramolecular Hbond substituents is 1. The minimum atomic E-state index is 0.00273. The Morgan fingerprint density at radius 2 is 2.05 bits per heavy atom. The number of piperidine rings is 1. The summed E-state index contributed by atoms with van der Waals surface area (Å²) in [4.78, 5) is 14.4. The fourth-order valence-corrected chi connectivity index (χ4v) is 3.55. The Balaban J connectivity index is 2.07. The molecule has 0 aromatic heterocycles. The maximum Gasteiger partial charge on any atom is 0.258 e. The van der Waals surface area contributed by atoms with Crippen LogP contribution in [0.4, 0.5) is 0 Å². The van der Waals surface area contributed by atoms with Gasteiger partial charge in [0.1, 0.15) is 5.75 Å². The van der Waals surface area contributed by atoms with Crippen molar-refractivity contribution in [1.82, 2.24) is 4.90 Å².